The molecule has 0 spiro atoms. The molecule has 1 aliphatic rings. The SMILES string of the molecule is CS(=O)(=O)Nc1cccc(-c2ccc3cnc(Nc4cnn(C5CCNCC5)c4)nn23)c1. The van der Waals surface area contributed by atoms with E-state index in [0.29, 0.717) is 17.7 Å². The van der Waals surface area contributed by atoms with E-state index >= 15 is 0 Å². The first-order valence-electron chi connectivity index (χ1n) is 10.4. The van der Waals surface area contributed by atoms with Crippen molar-refractivity contribution in [2.24, 2.45) is 0 Å². The van der Waals surface area contributed by atoms with Crippen LogP contribution in [0, 0.1) is 0 Å². The minimum Gasteiger partial charge on any atom is -0.320 e. The smallest absolute Gasteiger partial charge is 0.245 e. The number of anilines is 3. The number of fused-ring (bicyclic) bond motifs is 1. The molecule has 0 radical (unpaired) electrons. The van der Waals surface area contributed by atoms with Crippen LogP contribution in [0.5, 0.6) is 0 Å². The van der Waals surface area contributed by atoms with Crippen LogP contribution < -0.4 is 15.4 Å². The molecule has 3 aromatic heterocycles. The first-order chi connectivity index (χ1) is 15.4. The fraction of sp³-hybridized carbons (Fsp3) is 0.286. The quantitative estimate of drug-likeness (QED) is 0.412. The van der Waals surface area contributed by atoms with Crippen LogP contribution >= 0.6 is 0 Å². The Hall–Kier alpha value is -3.44. The molecule has 0 unspecified atom stereocenters. The molecule has 1 aromatic carbocycles. The van der Waals surface area contributed by atoms with Crippen LogP contribution in [0.1, 0.15) is 18.9 Å². The van der Waals surface area contributed by atoms with Gasteiger partial charge in [-0.2, -0.15) is 5.10 Å². The number of piperidine rings is 1. The van der Waals surface area contributed by atoms with Crippen LogP contribution in [0.2, 0.25) is 0 Å². The Kier molecular flexibility index (Phi) is 5.27. The van der Waals surface area contributed by atoms with Crippen LogP contribution in [0.4, 0.5) is 17.3 Å². The summed E-state index contributed by atoms with van der Waals surface area (Å²) >= 11 is 0. The highest BCUT2D eigenvalue weighted by Crippen LogP contribution is 2.26. The van der Waals surface area contributed by atoms with E-state index in [2.05, 4.69) is 30.5 Å². The minimum absolute atomic E-state index is 0.402. The molecule has 0 bridgehead atoms. The summed E-state index contributed by atoms with van der Waals surface area (Å²) in [6.07, 6.45) is 8.76. The summed E-state index contributed by atoms with van der Waals surface area (Å²) in [5.41, 5.74) is 3.82. The molecule has 32 heavy (non-hydrogen) atoms. The van der Waals surface area contributed by atoms with Gasteiger partial charge in [0.15, 0.2) is 0 Å². The average Bonchev–Trinajstić information content (AvgIpc) is 3.40. The van der Waals surface area contributed by atoms with Crippen LogP contribution in [0.3, 0.4) is 0 Å². The molecule has 0 atom stereocenters. The van der Waals surface area contributed by atoms with E-state index < -0.39 is 10.0 Å². The van der Waals surface area contributed by atoms with Gasteiger partial charge in [-0.1, -0.05) is 12.1 Å². The first kappa shape index (κ1) is 20.5. The molecule has 1 fully saturated rings. The predicted molar refractivity (Wildman–Crippen MR) is 124 cm³/mol. The zero-order valence-electron chi connectivity index (χ0n) is 17.6. The van der Waals surface area contributed by atoms with E-state index in [9.17, 15) is 8.42 Å². The van der Waals surface area contributed by atoms with Gasteiger partial charge in [-0.25, -0.2) is 17.9 Å². The molecular weight excluding hydrogens is 428 g/mol. The third-order valence-electron chi connectivity index (χ3n) is 5.40. The molecule has 166 valence electrons. The van der Waals surface area contributed by atoms with Crippen molar-refractivity contribution in [3.63, 3.8) is 0 Å². The largest absolute Gasteiger partial charge is 0.320 e. The van der Waals surface area contributed by atoms with Gasteiger partial charge in [0.05, 0.1) is 41.6 Å². The number of nitrogens with zero attached hydrogens (tertiary/aromatic N) is 5. The van der Waals surface area contributed by atoms with Crippen LogP contribution in [0.25, 0.3) is 16.8 Å². The summed E-state index contributed by atoms with van der Waals surface area (Å²) < 4.78 is 29.4. The summed E-state index contributed by atoms with van der Waals surface area (Å²) in [6, 6.07) is 11.5. The Morgan fingerprint density at radius 2 is 1.94 bits per heavy atom. The maximum Gasteiger partial charge on any atom is 0.245 e. The Bertz CT molecular complexity index is 1360. The van der Waals surface area contributed by atoms with Gasteiger partial charge in [0, 0.05) is 17.4 Å². The Morgan fingerprint density at radius 1 is 1.09 bits per heavy atom. The fourth-order valence-electron chi connectivity index (χ4n) is 3.94. The summed E-state index contributed by atoms with van der Waals surface area (Å²) in [6.45, 7) is 2.01. The van der Waals surface area contributed by atoms with Gasteiger partial charge in [0.1, 0.15) is 0 Å². The summed E-state index contributed by atoms with van der Waals surface area (Å²) in [5, 5.41) is 15.7. The van der Waals surface area contributed by atoms with Crippen LogP contribution in [-0.2, 0) is 10.0 Å². The average molecular weight is 453 g/mol. The van der Waals surface area contributed by atoms with Crippen molar-refractivity contribution >= 4 is 32.9 Å². The van der Waals surface area contributed by atoms with E-state index in [1.54, 1.807) is 35.1 Å². The standard InChI is InChI=1S/C21H24N8O2S/c1-32(30,31)27-16-4-2-3-15(11-16)20-6-5-19-13-23-21(26-29(19)20)25-17-12-24-28(14-17)18-7-9-22-10-8-18/h2-6,11-14,18,22,27H,7-10H2,1H3,(H,25,26). The van der Waals surface area contributed by atoms with Gasteiger partial charge in [0.2, 0.25) is 16.0 Å². The zero-order valence-corrected chi connectivity index (χ0v) is 18.4. The van der Waals surface area contributed by atoms with Gasteiger partial charge in [-0.15, -0.1) is 5.10 Å². The van der Waals surface area contributed by atoms with E-state index in [1.165, 1.54) is 0 Å². The van der Waals surface area contributed by atoms with Gasteiger partial charge >= 0.3 is 0 Å². The Labute approximate surface area is 185 Å². The molecule has 0 amide bonds. The van der Waals surface area contributed by atoms with E-state index in [1.807, 2.05) is 29.1 Å². The molecule has 5 rings (SSSR count). The highest BCUT2D eigenvalue weighted by Gasteiger charge is 2.16. The van der Waals surface area contributed by atoms with Crippen molar-refractivity contribution < 1.29 is 8.42 Å². The molecule has 0 aliphatic carbocycles. The fourth-order valence-corrected chi connectivity index (χ4v) is 4.49. The second-order valence-corrected chi connectivity index (χ2v) is 9.66. The lowest BCUT2D eigenvalue weighted by Gasteiger charge is -2.22. The van der Waals surface area contributed by atoms with Crippen molar-refractivity contribution in [1.29, 1.82) is 0 Å². The normalized spacial score (nSPS) is 15.2. The minimum atomic E-state index is -3.36. The number of sulfonamides is 1. The Balaban J connectivity index is 1.41. The maximum absolute atomic E-state index is 11.6. The van der Waals surface area contributed by atoms with Gasteiger partial charge in [-0.3, -0.25) is 9.40 Å². The molecule has 3 N–H and O–H groups in total. The van der Waals surface area contributed by atoms with Gasteiger partial charge < -0.3 is 10.6 Å². The van der Waals surface area contributed by atoms with E-state index in [4.69, 9.17) is 0 Å². The topological polar surface area (TPSA) is 118 Å². The lowest BCUT2D eigenvalue weighted by molar-refractivity contribution is 0.343. The predicted octanol–water partition coefficient (Wildman–Crippen LogP) is 2.63. The number of aromatic nitrogens is 5. The molecule has 1 saturated heterocycles. The summed E-state index contributed by atoms with van der Waals surface area (Å²) in [5.74, 6) is 0.449. The summed E-state index contributed by atoms with van der Waals surface area (Å²) in [4.78, 5) is 4.42. The van der Waals surface area contributed by atoms with Crippen molar-refractivity contribution in [2.45, 2.75) is 18.9 Å². The van der Waals surface area contributed by atoms with E-state index in [0.717, 1.165) is 54.6 Å². The summed E-state index contributed by atoms with van der Waals surface area (Å²) in [7, 11) is -3.36. The lowest BCUT2D eigenvalue weighted by atomic mass is 10.1. The third-order valence-corrected chi connectivity index (χ3v) is 6.01. The second kappa shape index (κ2) is 8.24. The van der Waals surface area contributed by atoms with Crippen LogP contribution in [-0.4, -0.2) is 52.1 Å². The molecular formula is C21H24N8O2S. The lowest BCUT2D eigenvalue weighted by Crippen LogP contribution is -2.29. The van der Waals surface area contributed by atoms with Crippen LogP contribution in [0.15, 0.2) is 55.0 Å². The third kappa shape index (κ3) is 4.43. The molecule has 4 aromatic rings. The highest BCUT2D eigenvalue weighted by atomic mass is 32.2. The van der Waals surface area contributed by atoms with Crippen molar-refractivity contribution in [2.75, 3.05) is 29.4 Å². The molecule has 1 aliphatic heterocycles. The van der Waals surface area contributed by atoms with Crippen molar-refractivity contribution in [1.82, 2.24) is 29.7 Å². The molecule has 10 nitrogen and oxygen atoms in total. The monoisotopic (exact) mass is 452 g/mol. The maximum atomic E-state index is 11.6. The number of rotatable bonds is 6. The van der Waals surface area contributed by atoms with Gasteiger partial charge in [0.25, 0.3) is 0 Å². The number of nitrogens with one attached hydrogen (secondary N) is 3. The number of hydrogen-bond donors (Lipinski definition) is 3. The van der Waals surface area contributed by atoms with E-state index in [-0.39, 0.29) is 0 Å². The van der Waals surface area contributed by atoms with Gasteiger partial charge in [-0.05, 0) is 50.2 Å². The number of benzene rings is 1. The first-order valence-corrected chi connectivity index (χ1v) is 12.3. The number of hydrogen-bond acceptors (Lipinski definition) is 7. The second-order valence-electron chi connectivity index (χ2n) is 7.91. The molecule has 11 heteroatoms. The molecule has 4 heterocycles. The van der Waals surface area contributed by atoms with Crippen molar-refractivity contribution in [3.8, 4) is 11.3 Å². The van der Waals surface area contributed by atoms with Crippen molar-refractivity contribution in [3.05, 3.63) is 55.0 Å². The Morgan fingerprint density at radius 3 is 2.75 bits per heavy atom. The highest BCUT2D eigenvalue weighted by molar-refractivity contribution is 7.92. The zero-order chi connectivity index (χ0) is 22.1. The molecule has 0 saturated carbocycles.